The molecule has 4 nitrogen and oxygen atoms in total. The van der Waals surface area contributed by atoms with Gasteiger partial charge in [-0.05, 0) is 29.6 Å². The van der Waals surface area contributed by atoms with Gasteiger partial charge >= 0.3 is 5.97 Å². The Hall–Kier alpha value is -1.92. The Bertz CT molecular complexity index is 671. The van der Waals surface area contributed by atoms with Crippen molar-refractivity contribution in [3.63, 3.8) is 0 Å². The largest absolute Gasteiger partial charge is 0.465 e. The molecule has 0 aliphatic carbocycles. The number of esters is 1. The summed E-state index contributed by atoms with van der Waals surface area (Å²) in [5, 5.41) is 4.19. The van der Waals surface area contributed by atoms with Crippen molar-refractivity contribution >= 4 is 40.5 Å². The maximum atomic E-state index is 12.9. The van der Waals surface area contributed by atoms with Crippen LogP contribution in [0.1, 0.15) is 20.0 Å². The van der Waals surface area contributed by atoms with Gasteiger partial charge in [0.25, 0.3) is 5.91 Å². The summed E-state index contributed by atoms with van der Waals surface area (Å²) in [5.74, 6) is -1.60. The Labute approximate surface area is 123 Å². The first-order valence-corrected chi connectivity index (χ1v) is 6.71. The van der Waals surface area contributed by atoms with Crippen molar-refractivity contribution in [3.8, 4) is 0 Å². The Morgan fingerprint density at radius 3 is 2.75 bits per heavy atom. The number of carbonyl (C=O) groups excluding carboxylic acids is 2. The van der Waals surface area contributed by atoms with Gasteiger partial charge in [0.2, 0.25) is 0 Å². The Kier molecular flexibility index (Phi) is 4.36. The first-order chi connectivity index (χ1) is 9.52. The maximum Gasteiger partial charge on any atom is 0.350 e. The zero-order chi connectivity index (χ0) is 14.7. The molecule has 0 aliphatic rings. The topological polar surface area (TPSA) is 55.4 Å². The zero-order valence-electron chi connectivity index (χ0n) is 10.3. The predicted molar refractivity (Wildman–Crippen MR) is 75.0 cm³/mol. The van der Waals surface area contributed by atoms with E-state index >= 15 is 0 Å². The van der Waals surface area contributed by atoms with Gasteiger partial charge in [0, 0.05) is 0 Å². The van der Waals surface area contributed by atoms with Crippen LogP contribution in [0.15, 0.2) is 29.6 Å². The van der Waals surface area contributed by atoms with Crippen molar-refractivity contribution in [3.05, 3.63) is 50.9 Å². The molecule has 0 fully saturated rings. The Morgan fingerprint density at radius 1 is 1.35 bits per heavy atom. The van der Waals surface area contributed by atoms with Crippen LogP contribution < -0.4 is 5.32 Å². The van der Waals surface area contributed by atoms with Crippen molar-refractivity contribution in [1.29, 1.82) is 0 Å². The van der Waals surface area contributed by atoms with Crippen LogP contribution >= 0.6 is 22.9 Å². The van der Waals surface area contributed by atoms with E-state index in [2.05, 4.69) is 10.1 Å². The molecular formula is C13H9ClFNO3S. The molecule has 2 aromatic rings. The second kappa shape index (κ2) is 6.02. The molecule has 1 heterocycles. The second-order valence-electron chi connectivity index (χ2n) is 3.73. The van der Waals surface area contributed by atoms with Crippen molar-refractivity contribution in [1.82, 2.24) is 0 Å². The first kappa shape index (κ1) is 14.5. The van der Waals surface area contributed by atoms with Gasteiger partial charge in [0.1, 0.15) is 10.7 Å². The van der Waals surface area contributed by atoms with Gasteiger partial charge in [-0.2, -0.15) is 0 Å². The minimum absolute atomic E-state index is 0.00246. The van der Waals surface area contributed by atoms with Crippen molar-refractivity contribution in [2.75, 3.05) is 12.4 Å². The lowest BCUT2D eigenvalue weighted by molar-refractivity contribution is 0.0607. The van der Waals surface area contributed by atoms with Crippen LogP contribution in [0.4, 0.5) is 10.1 Å². The van der Waals surface area contributed by atoms with Crippen LogP contribution in [-0.4, -0.2) is 19.0 Å². The number of hydrogen-bond acceptors (Lipinski definition) is 4. The average Bonchev–Trinajstić information content (AvgIpc) is 2.85. The molecule has 1 aromatic heterocycles. The van der Waals surface area contributed by atoms with Gasteiger partial charge in [-0.1, -0.05) is 11.6 Å². The number of amides is 1. The molecule has 0 saturated carbocycles. The number of benzene rings is 1. The number of halogens is 2. The molecule has 0 radical (unpaired) electrons. The maximum absolute atomic E-state index is 12.9. The van der Waals surface area contributed by atoms with E-state index in [-0.39, 0.29) is 15.5 Å². The fourth-order valence-corrected chi connectivity index (χ4v) is 2.54. The first-order valence-electron chi connectivity index (χ1n) is 5.45. The summed E-state index contributed by atoms with van der Waals surface area (Å²) in [6.07, 6.45) is 0. The van der Waals surface area contributed by atoms with Gasteiger partial charge in [0.05, 0.1) is 23.4 Å². The van der Waals surface area contributed by atoms with Crippen molar-refractivity contribution in [2.24, 2.45) is 0 Å². The minimum atomic E-state index is -0.541. The van der Waals surface area contributed by atoms with E-state index in [0.717, 1.165) is 23.5 Å². The summed E-state index contributed by atoms with van der Waals surface area (Å²) in [7, 11) is 1.25. The summed E-state index contributed by atoms with van der Waals surface area (Å²) in [5.41, 5.74) is 0.447. The van der Waals surface area contributed by atoms with E-state index in [1.165, 1.54) is 13.2 Å². The summed E-state index contributed by atoms with van der Waals surface area (Å²) in [6, 6.07) is 5.03. The number of nitrogens with one attached hydrogen (secondary N) is 1. The highest BCUT2D eigenvalue weighted by Gasteiger charge is 2.17. The zero-order valence-corrected chi connectivity index (χ0v) is 11.8. The smallest absolute Gasteiger partial charge is 0.350 e. The number of carbonyl (C=O) groups is 2. The number of rotatable bonds is 3. The molecule has 1 amide bonds. The summed E-state index contributed by atoms with van der Waals surface area (Å²) in [4.78, 5) is 23.8. The molecule has 7 heteroatoms. The van der Waals surface area contributed by atoms with Gasteiger partial charge in [-0.25, -0.2) is 9.18 Å². The van der Waals surface area contributed by atoms with Crippen LogP contribution in [0.2, 0.25) is 5.02 Å². The van der Waals surface area contributed by atoms with E-state index in [1.54, 1.807) is 11.4 Å². The normalized spacial score (nSPS) is 10.2. The molecule has 0 atom stereocenters. The number of ether oxygens (including phenoxy) is 1. The lowest BCUT2D eigenvalue weighted by atomic mass is 10.2. The number of anilines is 1. The molecule has 0 bridgehead atoms. The SMILES string of the molecule is COC(=O)c1sccc1NC(=O)c1ccc(F)cc1Cl. The third-order valence-corrected chi connectivity index (χ3v) is 3.67. The third kappa shape index (κ3) is 2.97. The fraction of sp³-hybridized carbons (Fsp3) is 0.0769. The van der Waals surface area contributed by atoms with E-state index < -0.39 is 17.7 Å². The van der Waals surface area contributed by atoms with Crippen LogP contribution in [0.25, 0.3) is 0 Å². The van der Waals surface area contributed by atoms with Crippen molar-refractivity contribution in [2.45, 2.75) is 0 Å². The quantitative estimate of drug-likeness (QED) is 0.881. The van der Waals surface area contributed by atoms with Crippen LogP contribution in [-0.2, 0) is 4.74 Å². The molecule has 1 N–H and O–H groups in total. The Morgan fingerprint density at radius 2 is 2.10 bits per heavy atom. The molecule has 1 aromatic carbocycles. The van der Waals surface area contributed by atoms with Gasteiger partial charge in [-0.3, -0.25) is 4.79 Å². The lowest BCUT2D eigenvalue weighted by Gasteiger charge is -2.07. The van der Waals surface area contributed by atoms with E-state index in [1.807, 2.05) is 0 Å². The molecule has 0 aliphatic heterocycles. The van der Waals surface area contributed by atoms with Gasteiger partial charge in [0.15, 0.2) is 0 Å². The fourth-order valence-electron chi connectivity index (χ4n) is 1.52. The number of hydrogen-bond donors (Lipinski definition) is 1. The summed E-state index contributed by atoms with van der Waals surface area (Å²) in [6.45, 7) is 0. The van der Waals surface area contributed by atoms with Crippen molar-refractivity contribution < 1.29 is 18.7 Å². The molecular weight excluding hydrogens is 305 g/mol. The average molecular weight is 314 g/mol. The predicted octanol–water partition coefficient (Wildman–Crippen LogP) is 3.58. The third-order valence-electron chi connectivity index (χ3n) is 2.46. The monoisotopic (exact) mass is 313 g/mol. The molecule has 20 heavy (non-hydrogen) atoms. The van der Waals surface area contributed by atoms with Crippen LogP contribution in [0, 0.1) is 5.82 Å². The molecule has 2 rings (SSSR count). The van der Waals surface area contributed by atoms with Gasteiger partial charge in [-0.15, -0.1) is 11.3 Å². The van der Waals surface area contributed by atoms with Gasteiger partial charge < -0.3 is 10.1 Å². The molecule has 0 unspecified atom stereocenters. The number of thiophene rings is 1. The van der Waals surface area contributed by atoms with E-state index in [0.29, 0.717) is 5.69 Å². The lowest BCUT2D eigenvalue weighted by Crippen LogP contribution is -2.14. The van der Waals surface area contributed by atoms with Crippen LogP contribution in [0.3, 0.4) is 0 Å². The highest BCUT2D eigenvalue weighted by atomic mass is 35.5. The standard InChI is InChI=1S/C13H9ClFNO3S/c1-19-13(18)11-10(4-5-20-11)16-12(17)8-3-2-7(15)6-9(8)14/h2-6H,1H3,(H,16,17). The minimum Gasteiger partial charge on any atom is -0.465 e. The highest BCUT2D eigenvalue weighted by molar-refractivity contribution is 7.12. The molecule has 0 spiro atoms. The second-order valence-corrected chi connectivity index (χ2v) is 5.06. The van der Waals surface area contributed by atoms with Crippen LogP contribution in [0.5, 0.6) is 0 Å². The summed E-state index contributed by atoms with van der Waals surface area (Å²) >= 11 is 6.95. The summed E-state index contributed by atoms with van der Waals surface area (Å²) < 4.78 is 17.5. The Balaban J connectivity index is 2.24. The van der Waals surface area contributed by atoms with E-state index in [9.17, 15) is 14.0 Å². The highest BCUT2D eigenvalue weighted by Crippen LogP contribution is 2.25. The molecule has 0 saturated heterocycles. The number of methoxy groups -OCH3 is 1. The van der Waals surface area contributed by atoms with E-state index in [4.69, 9.17) is 11.6 Å². The molecule has 104 valence electrons.